The number of nitrogens with one attached hydrogen (secondary N) is 1. The van der Waals surface area contributed by atoms with Crippen molar-refractivity contribution in [1.29, 1.82) is 0 Å². The summed E-state index contributed by atoms with van der Waals surface area (Å²) >= 11 is 0. The summed E-state index contributed by atoms with van der Waals surface area (Å²) in [6.07, 6.45) is 5.85. The lowest BCUT2D eigenvalue weighted by molar-refractivity contribution is -0.158. The van der Waals surface area contributed by atoms with E-state index in [9.17, 15) is 9.59 Å². The number of amides is 2. The highest BCUT2D eigenvalue weighted by Crippen LogP contribution is 2.39. The van der Waals surface area contributed by atoms with Crippen LogP contribution in [0.25, 0.3) is 0 Å². The molecule has 120 valence electrons. The fourth-order valence-electron chi connectivity index (χ4n) is 3.73. The lowest BCUT2D eigenvalue weighted by Crippen LogP contribution is -2.70. The Hall–Kier alpha value is -1.06. The SMILES string of the molecule is CC(C)CCCN1C(=O)C(C(C)C)NC(=O)C12CCCC2. The molecule has 1 unspecified atom stereocenters. The van der Waals surface area contributed by atoms with Crippen LogP contribution in [0, 0.1) is 11.8 Å². The second kappa shape index (κ2) is 6.37. The van der Waals surface area contributed by atoms with Crippen molar-refractivity contribution >= 4 is 11.8 Å². The number of piperazine rings is 1. The zero-order valence-corrected chi connectivity index (χ0v) is 13.9. The van der Waals surface area contributed by atoms with Gasteiger partial charge in [0.2, 0.25) is 11.8 Å². The minimum atomic E-state index is -0.542. The van der Waals surface area contributed by atoms with Gasteiger partial charge in [0.25, 0.3) is 0 Å². The Labute approximate surface area is 128 Å². The molecule has 1 saturated heterocycles. The van der Waals surface area contributed by atoms with Crippen LogP contribution in [0.1, 0.15) is 66.2 Å². The Morgan fingerprint density at radius 3 is 2.33 bits per heavy atom. The Morgan fingerprint density at radius 1 is 1.19 bits per heavy atom. The first-order valence-electron chi connectivity index (χ1n) is 8.51. The Kier molecular flexibility index (Phi) is 4.95. The molecule has 0 aromatic carbocycles. The zero-order valence-electron chi connectivity index (χ0n) is 13.9. The molecule has 0 aromatic heterocycles. The molecule has 2 rings (SSSR count). The van der Waals surface area contributed by atoms with E-state index in [1.165, 1.54) is 0 Å². The highest BCUT2D eigenvalue weighted by Gasteiger charge is 2.53. The van der Waals surface area contributed by atoms with Gasteiger partial charge in [-0.15, -0.1) is 0 Å². The van der Waals surface area contributed by atoms with E-state index in [1.807, 2.05) is 18.7 Å². The van der Waals surface area contributed by atoms with Crippen LogP contribution in [-0.4, -0.2) is 34.8 Å². The molecule has 1 aliphatic carbocycles. The quantitative estimate of drug-likeness (QED) is 0.847. The van der Waals surface area contributed by atoms with Crippen LogP contribution in [0.3, 0.4) is 0 Å². The fraction of sp³-hybridized carbons (Fsp3) is 0.882. The van der Waals surface area contributed by atoms with E-state index in [0.29, 0.717) is 5.92 Å². The first-order chi connectivity index (χ1) is 9.88. The maximum Gasteiger partial charge on any atom is 0.246 e. The maximum absolute atomic E-state index is 12.9. The summed E-state index contributed by atoms with van der Waals surface area (Å²) in [7, 11) is 0. The van der Waals surface area contributed by atoms with E-state index >= 15 is 0 Å². The molecule has 0 radical (unpaired) electrons. The lowest BCUT2D eigenvalue weighted by Gasteiger charge is -2.47. The molecule has 4 heteroatoms. The molecule has 1 spiro atoms. The topological polar surface area (TPSA) is 49.4 Å². The smallest absolute Gasteiger partial charge is 0.246 e. The van der Waals surface area contributed by atoms with E-state index in [4.69, 9.17) is 0 Å². The summed E-state index contributed by atoms with van der Waals surface area (Å²) in [6, 6.07) is -0.345. The summed E-state index contributed by atoms with van der Waals surface area (Å²) in [6.45, 7) is 9.14. The van der Waals surface area contributed by atoms with Gasteiger partial charge in [-0.1, -0.05) is 40.5 Å². The number of carbonyl (C=O) groups is 2. The van der Waals surface area contributed by atoms with Gasteiger partial charge in [-0.2, -0.15) is 0 Å². The summed E-state index contributed by atoms with van der Waals surface area (Å²) < 4.78 is 0. The van der Waals surface area contributed by atoms with Crippen molar-refractivity contribution in [2.45, 2.75) is 77.8 Å². The Morgan fingerprint density at radius 2 is 1.81 bits per heavy atom. The Bertz CT molecular complexity index is 398. The summed E-state index contributed by atoms with van der Waals surface area (Å²) in [5.41, 5.74) is -0.542. The second-order valence-corrected chi connectivity index (χ2v) is 7.46. The summed E-state index contributed by atoms with van der Waals surface area (Å²) in [5, 5.41) is 3.00. The molecular weight excluding hydrogens is 264 g/mol. The first kappa shape index (κ1) is 16.3. The lowest BCUT2D eigenvalue weighted by atomic mass is 9.86. The predicted molar refractivity (Wildman–Crippen MR) is 83.8 cm³/mol. The summed E-state index contributed by atoms with van der Waals surface area (Å²) in [4.78, 5) is 27.5. The van der Waals surface area contributed by atoms with Gasteiger partial charge in [-0.05, 0) is 37.5 Å². The van der Waals surface area contributed by atoms with Crippen molar-refractivity contribution in [3.63, 3.8) is 0 Å². The number of nitrogens with zero attached hydrogens (tertiary/aromatic N) is 1. The van der Waals surface area contributed by atoms with Crippen LogP contribution < -0.4 is 5.32 Å². The standard InChI is InChI=1S/C17H30N2O2/c1-12(2)8-7-11-19-15(20)14(13(3)4)18-16(21)17(19)9-5-6-10-17/h12-14H,5-11H2,1-4H3,(H,18,21). The molecule has 0 bridgehead atoms. The van der Waals surface area contributed by atoms with Gasteiger partial charge in [0.05, 0.1) is 0 Å². The molecule has 1 saturated carbocycles. The zero-order chi connectivity index (χ0) is 15.6. The van der Waals surface area contributed by atoms with Gasteiger partial charge >= 0.3 is 0 Å². The van der Waals surface area contributed by atoms with Gasteiger partial charge in [-0.25, -0.2) is 0 Å². The molecule has 2 fully saturated rings. The van der Waals surface area contributed by atoms with E-state index in [0.717, 1.165) is 45.1 Å². The molecule has 2 aliphatic rings. The van der Waals surface area contributed by atoms with Crippen molar-refractivity contribution < 1.29 is 9.59 Å². The van der Waals surface area contributed by atoms with Crippen molar-refractivity contribution in [2.75, 3.05) is 6.54 Å². The maximum atomic E-state index is 12.9. The van der Waals surface area contributed by atoms with E-state index in [2.05, 4.69) is 19.2 Å². The third kappa shape index (κ3) is 3.09. The largest absolute Gasteiger partial charge is 0.342 e. The van der Waals surface area contributed by atoms with Crippen LogP contribution >= 0.6 is 0 Å². The number of rotatable bonds is 5. The average Bonchev–Trinajstić information content (AvgIpc) is 2.88. The molecule has 1 atom stereocenters. The van der Waals surface area contributed by atoms with Gasteiger partial charge in [0.15, 0.2) is 0 Å². The van der Waals surface area contributed by atoms with Crippen LogP contribution in [0.4, 0.5) is 0 Å². The first-order valence-corrected chi connectivity index (χ1v) is 8.51. The molecule has 21 heavy (non-hydrogen) atoms. The number of hydrogen-bond acceptors (Lipinski definition) is 2. The van der Waals surface area contributed by atoms with Gasteiger partial charge in [-0.3, -0.25) is 9.59 Å². The number of carbonyl (C=O) groups excluding carboxylic acids is 2. The third-order valence-corrected chi connectivity index (χ3v) is 5.02. The van der Waals surface area contributed by atoms with E-state index in [1.54, 1.807) is 0 Å². The second-order valence-electron chi connectivity index (χ2n) is 7.46. The molecule has 1 N–H and O–H groups in total. The minimum Gasteiger partial charge on any atom is -0.342 e. The van der Waals surface area contributed by atoms with Gasteiger partial charge < -0.3 is 10.2 Å². The van der Waals surface area contributed by atoms with Crippen molar-refractivity contribution in [3.05, 3.63) is 0 Å². The van der Waals surface area contributed by atoms with Crippen LogP contribution in [-0.2, 0) is 9.59 Å². The van der Waals surface area contributed by atoms with Crippen molar-refractivity contribution in [1.82, 2.24) is 10.2 Å². The minimum absolute atomic E-state index is 0.0860. The van der Waals surface area contributed by atoms with Crippen molar-refractivity contribution in [2.24, 2.45) is 11.8 Å². The summed E-state index contributed by atoms with van der Waals surface area (Å²) in [5.74, 6) is 1.00. The average molecular weight is 294 g/mol. The van der Waals surface area contributed by atoms with Crippen LogP contribution in [0.5, 0.6) is 0 Å². The van der Waals surface area contributed by atoms with Gasteiger partial charge in [0.1, 0.15) is 11.6 Å². The predicted octanol–water partition coefficient (Wildman–Crippen LogP) is 2.72. The van der Waals surface area contributed by atoms with Gasteiger partial charge in [0, 0.05) is 6.54 Å². The molecule has 4 nitrogen and oxygen atoms in total. The highest BCUT2D eigenvalue weighted by molar-refractivity contribution is 6.00. The van der Waals surface area contributed by atoms with Crippen LogP contribution in [0.15, 0.2) is 0 Å². The Balaban J connectivity index is 2.18. The molecule has 2 amide bonds. The molecule has 1 heterocycles. The normalized spacial score (nSPS) is 25.2. The van der Waals surface area contributed by atoms with E-state index in [-0.39, 0.29) is 23.8 Å². The van der Waals surface area contributed by atoms with Crippen molar-refractivity contribution in [3.8, 4) is 0 Å². The third-order valence-electron chi connectivity index (χ3n) is 5.02. The fourth-order valence-corrected chi connectivity index (χ4v) is 3.73. The molecule has 1 aliphatic heterocycles. The molecule has 0 aromatic rings. The van der Waals surface area contributed by atoms with E-state index < -0.39 is 5.54 Å². The van der Waals surface area contributed by atoms with Crippen LogP contribution in [0.2, 0.25) is 0 Å². The highest BCUT2D eigenvalue weighted by atomic mass is 16.2. The monoisotopic (exact) mass is 294 g/mol. The number of hydrogen-bond donors (Lipinski definition) is 1. The molecular formula is C17H30N2O2.